The van der Waals surface area contributed by atoms with E-state index >= 15 is 0 Å². The molecule has 1 aliphatic heterocycles. The van der Waals surface area contributed by atoms with Gasteiger partial charge >= 0.3 is 5.97 Å². The van der Waals surface area contributed by atoms with E-state index in [-0.39, 0.29) is 23.9 Å². The fraction of sp³-hybridized carbons (Fsp3) is 0.417. The average molecular weight is 377 g/mol. The van der Waals surface area contributed by atoms with Crippen LogP contribution in [-0.4, -0.2) is 27.8 Å². The number of carbonyl (C=O) groups excluding carboxylic acids is 1. The zero-order valence-corrected chi connectivity index (χ0v) is 16.6. The van der Waals surface area contributed by atoms with Crippen molar-refractivity contribution in [2.75, 3.05) is 0 Å². The fourth-order valence-corrected chi connectivity index (χ4v) is 4.91. The Balaban J connectivity index is 1.58. The number of cyclic esters (lactones) is 1. The predicted molar refractivity (Wildman–Crippen MR) is 109 cm³/mol. The van der Waals surface area contributed by atoms with E-state index < -0.39 is 11.6 Å². The summed E-state index contributed by atoms with van der Waals surface area (Å²) in [4.78, 5) is 16.8. The largest absolute Gasteiger partial charge is 0.460 e. The summed E-state index contributed by atoms with van der Waals surface area (Å²) in [5.41, 5.74) is 1.72. The van der Waals surface area contributed by atoms with Gasteiger partial charge in [-0.05, 0) is 48.8 Å². The van der Waals surface area contributed by atoms with Crippen molar-refractivity contribution in [2.24, 2.45) is 23.7 Å². The molecule has 1 saturated heterocycles. The van der Waals surface area contributed by atoms with Crippen LogP contribution in [0.3, 0.4) is 0 Å². The molecule has 0 amide bonds. The smallest absolute Gasteiger partial charge is 0.338 e. The molecule has 0 bridgehead atoms. The molecule has 2 fully saturated rings. The van der Waals surface area contributed by atoms with E-state index in [9.17, 15) is 9.90 Å². The van der Waals surface area contributed by atoms with Gasteiger partial charge in [0.15, 0.2) is 5.60 Å². The molecule has 4 nitrogen and oxygen atoms in total. The molecule has 1 saturated carbocycles. The normalized spacial score (nSPS) is 35.0. The standard InChI is InChI=1S/C24H27NO3/c1-15-13-24(27)22(17(3)28-23(24)26)21(16(15)2)12-11-20-10-9-19(14-25-20)18-7-5-4-6-8-18/h4-12,14-17,21-22,27H,13H2,1-3H3/b12-11+/t15-,16?,17+,21-,22-,24-/m0/s1. The zero-order chi connectivity index (χ0) is 19.9. The molecule has 1 aromatic carbocycles. The quantitative estimate of drug-likeness (QED) is 0.808. The van der Waals surface area contributed by atoms with Crippen LogP contribution in [0, 0.1) is 23.7 Å². The second-order valence-corrected chi connectivity index (χ2v) is 8.38. The van der Waals surface area contributed by atoms with Gasteiger partial charge in [-0.2, -0.15) is 0 Å². The van der Waals surface area contributed by atoms with Crippen molar-refractivity contribution < 1.29 is 14.6 Å². The summed E-state index contributed by atoms with van der Waals surface area (Å²) in [5.74, 6) is -0.0337. The number of fused-ring (bicyclic) bond motifs is 1. The van der Waals surface area contributed by atoms with E-state index in [1.807, 2.05) is 43.5 Å². The fourth-order valence-electron chi connectivity index (χ4n) is 4.91. The van der Waals surface area contributed by atoms with Crippen LogP contribution in [0.1, 0.15) is 32.9 Å². The molecule has 146 valence electrons. The van der Waals surface area contributed by atoms with Gasteiger partial charge in [0.25, 0.3) is 0 Å². The van der Waals surface area contributed by atoms with E-state index in [1.54, 1.807) is 0 Å². The summed E-state index contributed by atoms with van der Waals surface area (Å²) in [6, 6.07) is 14.2. The maximum atomic E-state index is 12.3. The number of allylic oxidation sites excluding steroid dienone is 1. The number of aliphatic hydroxyl groups is 1. The summed E-state index contributed by atoms with van der Waals surface area (Å²) in [7, 11) is 0. The zero-order valence-electron chi connectivity index (χ0n) is 16.6. The van der Waals surface area contributed by atoms with Crippen molar-refractivity contribution >= 4 is 12.0 Å². The molecule has 1 aromatic heterocycles. The highest BCUT2D eigenvalue weighted by Gasteiger charge is 2.61. The van der Waals surface area contributed by atoms with Gasteiger partial charge in [0, 0.05) is 17.7 Å². The first-order valence-electron chi connectivity index (χ1n) is 10.0. The number of hydrogen-bond donors (Lipinski definition) is 1. The van der Waals surface area contributed by atoms with Crippen LogP contribution in [0.5, 0.6) is 0 Å². The molecule has 6 atom stereocenters. The summed E-state index contributed by atoms with van der Waals surface area (Å²) < 4.78 is 5.42. The van der Waals surface area contributed by atoms with Gasteiger partial charge in [0.05, 0.1) is 5.69 Å². The van der Waals surface area contributed by atoms with E-state index in [0.29, 0.717) is 12.3 Å². The third kappa shape index (κ3) is 3.16. The van der Waals surface area contributed by atoms with Crippen molar-refractivity contribution in [3.05, 3.63) is 60.4 Å². The molecule has 4 rings (SSSR count). The average Bonchev–Trinajstić information content (AvgIpc) is 2.92. The maximum absolute atomic E-state index is 12.3. The van der Waals surface area contributed by atoms with Gasteiger partial charge < -0.3 is 9.84 Å². The van der Waals surface area contributed by atoms with E-state index in [0.717, 1.165) is 16.8 Å². The van der Waals surface area contributed by atoms with Crippen molar-refractivity contribution in [1.29, 1.82) is 0 Å². The molecule has 1 N–H and O–H groups in total. The Hall–Kier alpha value is -2.46. The van der Waals surface area contributed by atoms with E-state index in [1.165, 1.54) is 0 Å². The highest BCUT2D eigenvalue weighted by molar-refractivity contribution is 5.82. The Kier molecular flexibility index (Phi) is 4.84. The highest BCUT2D eigenvalue weighted by Crippen LogP contribution is 2.51. The molecule has 0 radical (unpaired) electrons. The van der Waals surface area contributed by atoms with Crippen molar-refractivity contribution in [1.82, 2.24) is 4.98 Å². The lowest BCUT2D eigenvalue weighted by atomic mass is 9.60. The SMILES string of the molecule is CC1[C@@H](C)C[C@@]2(O)C(=O)O[C@H](C)[C@H]2[C@H]1/C=C/c1ccc(-c2ccccc2)cn1. The van der Waals surface area contributed by atoms with Crippen LogP contribution < -0.4 is 0 Å². The molecule has 2 aromatic rings. The third-order valence-electron chi connectivity index (χ3n) is 6.64. The minimum absolute atomic E-state index is 0.0609. The Morgan fingerprint density at radius 1 is 1.11 bits per heavy atom. The van der Waals surface area contributed by atoms with E-state index in [4.69, 9.17) is 4.74 Å². The van der Waals surface area contributed by atoms with Gasteiger partial charge in [0.2, 0.25) is 0 Å². The summed E-state index contributed by atoms with van der Waals surface area (Å²) in [6.07, 6.45) is 6.18. The Morgan fingerprint density at radius 2 is 1.86 bits per heavy atom. The number of pyridine rings is 1. The molecule has 28 heavy (non-hydrogen) atoms. The number of hydrogen-bond acceptors (Lipinski definition) is 4. The molecular formula is C24H27NO3. The molecule has 2 heterocycles. The van der Waals surface area contributed by atoms with Crippen molar-refractivity contribution in [2.45, 2.75) is 38.9 Å². The summed E-state index contributed by atoms with van der Waals surface area (Å²) in [5, 5.41) is 11.0. The minimum Gasteiger partial charge on any atom is -0.460 e. The number of nitrogens with zero attached hydrogens (tertiary/aromatic N) is 1. The van der Waals surface area contributed by atoms with E-state index in [2.05, 4.69) is 43.1 Å². The van der Waals surface area contributed by atoms with Crippen LogP contribution in [0.15, 0.2) is 54.7 Å². The van der Waals surface area contributed by atoms with Gasteiger partial charge in [-0.3, -0.25) is 4.98 Å². The second kappa shape index (κ2) is 7.17. The van der Waals surface area contributed by atoms with Crippen LogP contribution in [0.25, 0.3) is 17.2 Å². The second-order valence-electron chi connectivity index (χ2n) is 8.38. The van der Waals surface area contributed by atoms with Gasteiger partial charge in [-0.15, -0.1) is 0 Å². The van der Waals surface area contributed by atoms with Crippen LogP contribution >= 0.6 is 0 Å². The molecule has 1 unspecified atom stereocenters. The van der Waals surface area contributed by atoms with Gasteiger partial charge in [-0.1, -0.05) is 56.3 Å². The first-order chi connectivity index (χ1) is 13.4. The Bertz CT molecular complexity index is 876. The first-order valence-corrected chi connectivity index (χ1v) is 10.0. The molecule has 4 heteroatoms. The predicted octanol–water partition coefficient (Wildman–Crippen LogP) is 4.35. The molecule has 2 aliphatic rings. The summed E-state index contributed by atoms with van der Waals surface area (Å²) >= 11 is 0. The van der Waals surface area contributed by atoms with Crippen molar-refractivity contribution in [3.8, 4) is 11.1 Å². The topological polar surface area (TPSA) is 59.4 Å². The number of esters is 1. The van der Waals surface area contributed by atoms with Gasteiger partial charge in [0.1, 0.15) is 6.10 Å². The van der Waals surface area contributed by atoms with Crippen molar-refractivity contribution in [3.63, 3.8) is 0 Å². The van der Waals surface area contributed by atoms with Gasteiger partial charge in [-0.25, -0.2) is 4.79 Å². The molecule has 0 spiro atoms. The highest BCUT2D eigenvalue weighted by atomic mass is 16.6. The summed E-state index contributed by atoms with van der Waals surface area (Å²) in [6.45, 7) is 6.18. The monoisotopic (exact) mass is 377 g/mol. The number of aromatic nitrogens is 1. The Morgan fingerprint density at radius 3 is 2.54 bits per heavy atom. The minimum atomic E-state index is -1.37. The lowest BCUT2D eigenvalue weighted by Gasteiger charge is -2.44. The lowest BCUT2D eigenvalue weighted by Crippen LogP contribution is -2.52. The van der Waals surface area contributed by atoms with Crippen LogP contribution in [0.2, 0.25) is 0 Å². The maximum Gasteiger partial charge on any atom is 0.338 e. The lowest BCUT2D eigenvalue weighted by molar-refractivity contribution is -0.160. The third-order valence-corrected chi connectivity index (χ3v) is 6.64. The number of carbonyl (C=O) groups is 1. The van der Waals surface area contributed by atoms with Crippen LogP contribution in [-0.2, 0) is 9.53 Å². The first kappa shape index (κ1) is 18.9. The number of ether oxygens (including phenoxy) is 1. The molecular weight excluding hydrogens is 350 g/mol. The Labute approximate surface area is 166 Å². The molecule has 1 aliphatic carbocycles. The van der Waals surface area contributed by atoms with Crippen LogP contribution in [0.4, 0.5) is 0 Å². The number of rotatable bonds is 3. The number of benzene rings is 1.